The standard InChI is InChI=1S/C9H6F2N2/c10-7-2-1-5-3-6(12)4-13-9(5)8(7)11/h1-4H,12H2. The van der Waals surface area contributed by atoms with E-state index in [1.807, 2.05) is 0 Å². The number of aromatic nitrogens is 1. The molecule has 2 aromatic rings. The number of hydrogen-bond acceptors (Lipinski definition) is 2. The molecule has 0 bridgehead atoms. The van der Waals surface area contributed by atoms with Gasteiger partial charge in [0, 0.05) is 5.39 Å². The average Bonchev–Trinajstić information content (AvgIpc) is 2.12. The molecule has 1 heterocycles. The first-order valence-corrected chi connectivity index (χ1v) is 3.68. The van der Waals surface area contributed by atoms with Crippen LogP contribution in [0.3, 0.4) is 0 Å². The fourth-order valence-corrected chi connectivity index (χ4v) is 1.16. The lowest BCUT2D eigenvalue weighted by atomic mass is 10.2. The third-order valence-corrected chi connectivity index (χ3v) is 1.77. The van der Waals surface area contributed by atoms with E-state index < -0.39 is 11.6 Å². The lowest BCUT2D eigenvalue weighted by molar-refractivity contribution is 0.515. The number of nitrogens with two attached hydrogens (primary N) is 1. The molecule has 1 aromatic carbocycles. The molecule has 2 N–H and O–H groups in total. The second kappa shape index (κ2) is 2.65. The molecule has 0 aliphatic heterocycles. The molecule has 0 saturated carbocycles. The summed E-state index contributed by atoms with van der Waals surface area (Å²) in [6.45, 7) is 0. The maximum Gasteiger partial charge on any atom is 0.184 e. The monoisotopic (exact) mass is 180 g/mol. The van der Waals surface area contributed by atoms with Crippen LogP contribution >= 0.6 is 0 Å². The Kier molecular flexibility index (Phi) is 1.62. The van der Waals surface area contributed by atoms with Crippen molar-refractivity contribution in [1.82, 2.24) is 4.98 Å². The minimum atomic E-state index is -0.933. The summed E-state index contributed by atoms with van der Waals surface area (Å²) in [7, 11) is 0. The topological polar surface area (TPSA) is 38.9 Å². The van der Waals surface area contributed by atoms with Crippen LogP contribution in [0.25, 0.3) is 10.9 Å². The Hall–Kier alpha value is -1.71. The first-order valence-electron chi connectivity index (χ1n) is 3.68. The Morgan fingerprint density at radius 3 is 2.77 bits per heavy atom. The van der Waals surface area contributed by atoms with Crippen molar-refractivity contribution in [3.8, 4) is 0 Å². The normalized spacial score (nSPS) is 10.6. The average molecular weight is 180 g/mol. The largest absolute Gasteiger partial charge is 0.397 e. The van der Waals surface area contributed by atoms with Gasteiger partial charge in [-0.3, -0.25) is 4.98 Å². The first-order chi connectivity index (χ1) is 6.18. The van der Waals surface area contributed by atoms with Gasteiger partial charge in [0.05, 0.1) is 11.9 Å². The molecule has 0 fully saturated rings. The van der Waals surface area contributed by atoms with Crippen molar-refractivity contribution in [2.45, 2.75) is 0 Å². The zero-order chi connectivity index (χ0) is 9.42. The SMILES string of the molecule is Nc1cnc2c(F)c(F)ccc2c1. The van der Waals surface area contributed by atoms with Crippen LogP contribution in [-0.4, -0.2) is 4.98 Å². The molecule has 1 aromatic heterocycles. The van der Waals surface area contributed by atoms with Gasteiger partial charge in [0.2, 0.25) is 0 Å². The van der Waals surface area contributed by atoms with E-state index in [0.717, 1.165) is 6.07 Å². The van der Waals surface area contributed by atoms with E-state index in [1.54, 1.807) is 6.07 Å². The second-order valence-electron chi connectivity index (χ2n) is 2.70. The minimum absolute atomic E-state index is 0.00852. The Labute approximate surface area is 73.0 Å². The maximum atomic E-state index is 13.1. The number of benzene rings is 1. The number of anilines is 1. The Morgan fingerprint density at radius 2 is 2.00 bits per heavy atom. The van der Waals surface area contributed by atoms with Gasteiger partial charge in [-0.1, -0.05) is 0 Å². The van der Waals surface area contributed by atoms with Crippen LogP contribution in [0, 0.1) is 11.6 Å². The number of fused-ring (bicyclic) bond motifs is 1. The summed E-state index contributed by atoms with van der Waals surface area (Å²) < 4.78 is 25.8. The molecule has 0 amide bonds. The molecule has 0 atom stereocenters. The zero-order valence-electron chi connectivity index (χ0n) is 6.59. The molecule has 4 heteroatoms. The van der Waals surface area contributed by atoms with E-state index in [0.29, 0.717) is 11.1 Å². The van der Waals surface area contributed by atoms with Gasteiger partial charge < -0.3 is 5.73 Å². The number of rotatable bonds is 0. The smallest absolute Gasteiger partial charge is 0.184 e. The molecule has 2 rings (SSSR count). The van der Waals surface area contributed by atoms with E-state index in [1.165, 1.54) is 12.3 Å². The van der Waals surface area contributed by atoms with Crippen molar-refractivity contribution < 1.29 is 8.78 Å². The number of pyridine rings is 1. The molecule has 0 aliphatic carbocycles. The summed E-state index contributed by atoms with van der Waals surface area (Å²) >= 11 is 0. The van der Waals surface area contributed by atoms with E-state index in [4.69, 9.17) is 5.73 Å². The number of halogens is 2. The lowest BCUT2D eigenvalue weighted by Gasteiger charge is -2.00. The van der Waals surface area contributed by atoms with Crippen molar-refractivity contribution >= 4 is 16.6 Å². The summed E-state index contributed by atoms with van der Waals surface area (Å²) in [5.41, 5.74) is 5.87. The van der Waals surface area contributed by atoms with Crippen LogP contribution in [0.4, 0.5) is 14.5 Å². The van der Waals surface area contributed by atoms with Gasteiger partial charge in [0.1, 0.15) is 5.52 Å². The van der Waals surface area contributed by atoms with Crippen molar-refractivity contribution in [3.05, 3.63) is 36.0 Å². The van der Waals surface area contributed by atoms with Crippen LogP contribution in [0.15, 0.2) is 24.4 Å². The Bertz CT molecular complexity index is 468. The van der Waals surface area contributed by atoms with Crippen LogP contribution in [0.2, 0.25) is 0 Å². The number of hydrogen-bond donors (Lipinski definition) is 1. The molecule has 0 saturated heterocycles. The first kappa shape index (κ1) is 7.91. The zero-order valence-corrected chi connectivity index (χ0v) is 6.59. The Balaban J connectivity index is 2.87. The van der Waals surface area contributed by atoms with Gasteiger partial charge in [-0.05, 0) is 18.2 Å². The quantitative estimate of drug-likeness (QED) is 0.674. The van der Waals surface area contributed by atoms with E-state index in [-0.39, 0.29) is 5.52 Å². The van der Waals surface area contributed by atoms with Crippen LogP contribution in [0.1, 0.15) is 0 Å². The third-order valence-electron chi connectivity index (χ3n) is 1.77. The van der Waals surface area contributed by atoms with Crippen molar-refractivity contribution in [2.75, 3.05) is 5.73 Å². The fraction of sp³-hybridized carbons (Fsp3) is 0. The molecular weight excluding hydrogens is 174 g/mol. The van der Waals surface area contributed by atoms with Crippen molar-refractivity contribution in [3.63, 3.8) is 0 Å². The molecule has 13 heavy (non-hydrogen) atoms. The molecule has 2 nitrogen and oxygen atoms in total. The number of nitrogens with zero attached hydrogens (tertiary/aromatic N) is 1. The van der Waals surface area contributed by atoms with Gasteiger partial charge >= 0.3 is 0 Å². The highest BCUT2D eigenvalue weighted by atomic mass is 19.2. The number of nitrogen functional groups attached to an aromatic ring is 1. The van der Waals surface area contributed by atoms with Crippen LogP contribution < -0.4 is 5.73 Å². The molecule has 0 aliphatic rings. The Morgan fingerprint density at radius 1 is 1.23 bits per heavy atom. The van der Waals surface area contributed by atoms with Gasteiger partial charge in [-0.15, -0.1) is 0 Å². The fourth-order valence-electron chi connectivity index (χ4n) is 1.16. The van der Waals surface area contributed by atoms with Gasteiger partial charge in [0.15, 0.2) is 11.6 Å². The molecule has 66 valence electrons. The van der Waals surface area contributed by atoms with Gasteiger partial charge in [0.25, 0.3) is 0 Å². The van der Waals surface area contributed by atoms with E-state index in [9.17, 15) is 8.78 Å². The lowest BCUT2D eigenvalue weighted by Crippen LogP contribution is -1.91. The predicted octanol–water partition coefficient (Wildman–Crippen LogP) is 2.10. The van der Waals surface area contributed by atoms with Gasteiger partial charge in [-0.2, -0.15) is 0 Å². The maximum absolute atomic E-state index is 13.1. The highest BCUT2D eigenvalue weighted by molar-refractivity contribution is 5.81. The molecule has 0 spiro atoms. The summed E-state index contributed by atoms with van der Waals surface area (Å²) in [5.74, 6) is -1.83. The third kappa shape index (κ3) is 1.20. The summed E-state index contributed by atoms with van der Waals surface area (Å²) in [6, 6.07) is 4.04. The highest BCUT2D eigenvalue weighted by Crippen LogP contribution is 2.19. The van der Waals surface area contributed by atoms with E-state index in [2.05, 4.69) is 4.98 Å². The highest BCUT2D eigenvalue weighted by Gasteiger charge is 2.07. The summed E-state index contributed by atoms with van der Waals surface area (Å²) in [4.78, 5) is 3.70. The summed E-state index contributed by atoms with van der Waals surface area (Å²) in [5, 5.41) is 0.499. The van der Waals surface area contributed by atoms with Crippen molar-refractivity contribution in [1.29, 1.82) is 0 Å². The molecular formula is C9H6F2N2. The molecule has 0 unspecified atom stereocenters. The van der Waals surface area contributed by atoms with Crippen LogP contribution in [-0.2, 0) is 0 Å². The summed E-state index contributed by atoms with van der Waals surface area (Å²) in [6.07, 6.45) is 1.30. The van der Waals surface area contributed by atoms with E-state index >= 15 is 0 Å². The van der Waals surface area contributed by atoms with Crippen LogP contribution in [0.5, 0.6) is 0 Å². The van der Waals surface area contributed by atoms with Crippen molar-refractivity contribution in [2.24, 2.45) is 0 Å². The van der Waals surface area contributed by atoms with Gasteiger partial charge in [-0.25, -0.2) is 8.78 Å². The second-order valence-corrected chi connectivity index (χ2v) is 2.70. The molecule has 0 radical (unpaired) electrons. The predicted molar refractivity (Wildman–Crippen MR) is 46.1 cm³/mol. The minimum Gasteiger partial charge on any atom is -0.397 e.